The second-order valence-electron chi connectivity index (χ2n) is 22.3. The Hall–Kier alpha value is -8.66. The summed E-state index contributed by atoms with van der Waals surface area (Å²) in [5.74, 6) is 0. The van der Waals surface area contributed by atoms with Crippen LogP contribution < -0.4 is 14.7 Å². The average Bonchev–Trinajstić information content (AvgIpc) is 3.44. The summed E-state index contributed by atoms with van der Waals surface area (Å²) in [7, 11) is 0. The molecule has 0 amide bonds. The standard InChI is InChI=1S/C71H57N3/c1-69(2)60-26-17-27-61-66(60)74-67-62(69)42-52(48-28-34-56(35-29-48)72(54-22-9-7-10-23-54)58-38-32-46-18-13-15-20-50(46)40-58)44-64(67)71(5,6)65-45-53(43-63(68(65)74)70(61,3)4)49-30-36-57(37-31-49)73(55-24-11-8-12-25-55)59-39-33-47-19-14-16-21-51(47)41-59/h7-45H,1-6H3. The highest BCUT2D eigenvalue weighted by molar-refractivity contribution is 6.01. The van der Waals surface area contributed by atoms with Crippen LogP contribution in [0.5, 0.6) is 0 Å². The number of anilines is 9. The third-order valence-corrected chi connectivity index (χ3v) is 16.9. The molecule has 3 nitrogen and oxygen atoms in total. The van der Waals surface area contributed by atoms with Crippen LogP contribution in [0.4, 0.5) is 51.2 Å². The van der Waals surface area contributed by atoms with Gasteiger partial charge in [-0.05, 0) is 174 Å². The van der Waals surface area contributed by atoms with Crippen molar-refractivity contribution in [3.05, 3.63) is 270 Å². The third kappa shape index (κ3) is 6.59. The molecule has 0 aromatic heterocycles. The van der Waals surface area contributed by atoms with Crippen LogP contribution in [0.25, 0.3) is 43.8 Å². The molecule has 0 radical (unpaired) electrons. The van der Waals surface area contributed by atoms with E-state index in [1.165, 1.54) is 94.2 Å². The van der Waals surface area contributed by atoms with Crippen LogP contribution in [0, 0.1) is 0 Å². The van der Waals surface area contributed by atoms with Gasteiger partial charge in [0, 0.05) is 50.4 Å². The van der Waals surface area contributed by atoms with Crippen LogP contribution in [-0.2, 0) is 16.2 Å². The van der Waals surface area contributed by atoms with Crippen molar-refractivity contribution in [2.45, 2.75) is 57.8 Å². The van der Waals surface area contributed by atoms with Gasteiger partial charge in [0.05, 0.1) is 17.1 Å². The Morgan fingerprint density at radius 3 is 0.946 bits per heavy atom. The van der Waals surface area contributed by atoms with Gasteiger partial charge in [-0.3, -0.25) is 0 Å². The zero-order chi connectivity index (χ0) is 50.1. The summed E-state index contributed by atoms with van der Waals surface area (Å²) in [6, 6.07) is 87.9. The Balaban J connectivity index is 0.901. The van der Waals surface area contributed by atoms with Crippen LogP contribution >= 0.6 is 0 Å². The summed E-state index contributed by atoms with van der Waals surface area (Å²) in [6.07, 6.45) is 0. The smallest absolute Gasteiger partial charge is 0.0544 e. The predicted molar refractivity (Wildman–Crippen MR) is 313 cm³/mol. The molecule has 0 atom stereocenters. The fourth-order valence-corrected chi connectivity index (χ4v) is 12.8. The molecule has 3 heterocycles. The van der Waals surface area contributed by atoms with Crippen LogP contribution in [0.1, 0.15) is 74.9 Å². The predicted octanol–water partition coefficient (Wildman–Crippen LogP) is 19.7. The Labute approximate surface area is 435 Å². The SMILES string of the molecule is CC1(C)c2cccc3c2N2c4c1cc(-c1ccc(N(c5ccccc5)c5ccc6ccccc6c5)cc1)cc4C(C)(C)c1cc(-c4ccc(N(c5ccccc5)c5ccc6ccccc6c5)cc4)cc(c12)C3(C)C. The van der Waals surface area contributed by atoms with Gasteiger partial charge in [0.25, 0.3) is 0 Å². The van der Waals surface area contributed by atoms with E-state index in [4.69, 9.17) is 0 Å². The molecular formula is C71H57N3. The maximum atomic E-state index is 2.68. The molecular weight excluding hydrogens is 895 g/mol. The summed E-state index contributed by atoms with van der Waals surface area (Å²) in [4.78, 5) is 7.43. The van der Waals surface area contributed by atoms with E-state index in [9.17, 15) is 0 Å². The van der Waals surface area contributed by atoms with Crippen LogP contribution in [0.2, 0.25) is 0 Å². The zero-order valence-electron chi connectivity index (χ0n) is 42.9. The van der Waals surface area contributed by atoms with Crippen molar-refractivity contribution in [1.82, 2.24) is 0 Å². The topological polar surface area (TPSA) is 9.72 Å². The number of para-hydroxylation sites is 3. The lowest BCUT2D eigenvalue weighted by Gasteiger charge is -2.55. The summed E-state index contributed by atoms with van der Waals surface area (Å²) < 4.78 is 0. The zero-order valence-corrected chi connectivity index (χ0v) is 42.9. The van der Waals surface area contributed by atoms with Crippen molar-refractivity contribution in [3.8, 4) is 22.3 Å². The summed E-state index contributed by atoms with van der Waals surface area (Å²) in [6.45, 7) is 14.7. The summed E-state index contributed by atoms with van der Waals surface area (Å²) in [5, 5.41) is 4.93. The summed E-state index contributed by atoms with van der Waals surface area (Å²) in [5.41, 5.74) is 23.2. The Bertz CT molecular complexity index is 3780. The van der Waals surface area contributed by atoms with Gasteiger partial charge in [0.2, 0.25) is 0 Å². The molecule has 0 saturated heterocycles. The average molecular weight is 952 g/mol. The van der Waals surface area contributed by atoms with Crippen molar-refractivity contribution in [2.75, 3.05) is 14.7 Å². The van der Waals surface area contributed by atoms with E-state index in [2.05, 4.69) is 293 Å². The van der Waals surface area contributed by atoms with Crippen LogP contribution in [-0.4, -0.2) is 0 Å². The van der Waals surface area contributed by atoms with Crippen molar-refractivity contribution in [3.63, 3.8) is 0 Å². The van der Waals surface area contributed by atoms with Gasteiger partial charge in [0.1, 0.15) is 0 Å². The molecule has 3 aliphatic heterocycles. The van der Waals surface area contributed by atoms with E-state index in [-0.39, 0.29) is 16.2 Å². The van der Waals surface area contributed by atoms with Crippen molar-refractivity contribution in [2.24, 2.45) is 0 Å². The monoisotopic (exact) mass is 951 g/mol. The number of hydrogen-bond acceptors (Lipinski definition) is 3. The van der Waals surface area contributed by atoms with E-state index < -0.39 is 0 Å². The number of fused-ring (bicyclic) bond motifs is 2. The lowest BCUT2D eigenvalue weighted by molar-refractivity contribution is 0.567. The van der Waals surface area contributed by atoms with Gasteiger partial charge in [0.15, 0.2) is 0 Å². The van der Waals surface area contributed by atoms with E-state index in [1.807, 2.05) is 0 Å². The fourth-order valence-electron chi connectivity index (χ4n) is 12.8. The van der Waals surface area contributed by atoms with E-state index in [1.54, 1.807) is 0 Å². The molecule has 11 aromatic carbocycles. The second-order valence-corrected chi connectivity index (χ2v) is 22.3. The normalized spacial score (nSPS) is 14.9. The minimum Gasteiger partial charge on any atom is -0.310 e. The lowest BCUT2D eigenvalue weighted by Crippen LogP contribution is -2.43. The molecule has 0 spiro atoms. The molecule has 0 N–H and O–H groups in total. The van der Waals surface area contributed by atoms with Gasteiger partial charge in [-0.1, -0.05) is 181 Å². The quantitative estimate of drug-likeness (QED) is 0.150. The van der Waals surface area contributed by atoms with E-state index in [0.29, 0.717) is 0 Å². The first-order valence-electron chi connectivity index (χ1n) is 26.2. The fraction of sp³-hybridized carbons (Fsp3) is 0.127. The Kier molecular flexibility index (Phi) is 9.63. The molecule has 3 heteroatoms. The second kappa shape index (κ2) is 16.2. The van der Waals surface area contributed by atoms with Crippen LogP contribution in [0.3, 0.4) is 0 Å². The molecule has 0 aliphatic carbocycles. The van der Waals surface area contributed by atoms with E-state index in [0.717, 1.165) is 34.1 Å². The first-order valence-corrected chi connectivity index (χ1v) is 26.2. The van der Waals surface area contributed by atoms with Gasteiger partial charge >= 0.3 is 0 Å². The van der Waals surface area contributed by atoms with Crippen molar-refractivity contribution >= 4 is 72.7 Å². The molecule has 11 aromatic rings. The lowest BCUT2D eigenvalue weighted by atomic mass is 9.60. The maximum absolute atomic E-state index is 2.68. The number of nitrogens with zero attached hydrogens (tertiary/aromatic N) is 3. The number of hydrogen-bond donors (Lipinski definition) is 0. The van der Waals surface area contributed by atoms with Gasteiger partial charge in [-0.2, -0.15) is 0 Å². The molecule has 14 rings (SSSR count). The van der Waals surface area contributed by atoms with Crippen molar-refractivity contribution < 1.29 is 0 Å². The number of rotatable bonds is 8. The molecule has 0 saturated carbocycles. The first kappa shape index (κ1) is 44.1. The molecule has 3 aliphatic rings. The minimum absolute atomic E-state index is 0.245. The van der Waals surface area contributed by atoms with Crippen LogP contribution in [0.15, 0.2) is 237 Å². The van der Waals surface area contributed by atoms with Gasteiger partial charge < -0.3 is 14.7 Å². The molecule has 0 bridgehead atoms. The minimum atomic E-state index is -0.326. The molecule has 0 fully saturated rings. The first-order chi connectivity index (χ1) is 35.9. The largest absolute Gasteiger partial charge is 0.310 e. The Morgan fingerprint density at radius 1 is 0.243 bits per heavy atom. The summed E-state index contributed by atoms with van der Waals surface area (Å²) >= 11 is 0. The maximum Gasteiger partial charge on any atom is 0.0544 e. The highest BCUT2D eigenvalue weighted by Gasteiger charge is 2.52. The highest BCUT2D eigenvalue weighted by Crippen LogP contribution is 2.67. The molecule has 356 valence electrons. The molecule has 0 unspecified atom stereocenters. The number of benzene rings is 11. The van der Waals surface area contributed by atoms with Gasteiger partial charge in [-0.25, -0.2) is 0 Å². The Morgan fingerprint density at radius 2 is 0.554 bits per heavy atom. The van der Waals surface area contributed by atoms with E-state index >= 15 is 0 Å². The highest BCUT2D eigenvalue weighted by atomic mass is 15.2. The molecule has 74 heavy (non-hydrogen) atoms. The van der Waals surface area contributed by atoms with Gasteiger partial charge in [-0.15, -0.1) is 0 Å². The van der Waals surface area contributed by atoms with Crippen molar-refractivity contribution in [1.29, 1.82) is 0 Å². The third-order valence-electron chi connectivity index (χ3n) is 16.9.